The summed E-state index contributed by atoms with van der Waals surface area (Å²) in [5.41, 5.74) is 4.91. The van der Waals surface area contributed by atoms with Crippen molar-refractivity contribution in [1.82, 2.24) is 0 Å². The number of rotatable bonds is 25. The number of hydrogen-bond donors (Lipinski definition) is 0. The highest BCUT2D eigenvalue weighted by atomic mass is 16.5. The van der Waals surface area contributed by atoms with E-state index in [4.69, 9.17) is 18.9 Å². The fourth-order valence-electron chi connectivity index (χ4n) is 13.3. The molecule has 67 heavy (non-hydrogen) atoms. The van der Waals surface area contributed by atoms with E-state index >= 15 is 0 Å². The van der Waals surface area contributed by atoms with Gasteiger partial charge in [-0.3, -0.25) is 4.79 Å². The Kier molecular flexibility index (Phi) is 18.6. The topological polar surface area (TPSA) is 71.1 Å². The summed E-state index contributed by atoms with van der Waals surface area (Å²) in [4.78, 5) is 25.9. The van der Waals surface area contributed by atoms with Gasteiger partial charge < -0.3 is 18.9 Å². The average molecular weight is 915 g/mol. The molecule has 366 valence electrons. The molecule has 3 fully saturated rings. The standard InChI is InChI=1S/C61H86O6/c1-7-8-9-10-11-12-13-15-41-64-51-30-25-48(26-31-51)59(63)67-52-32-23-47(24-33-52)46-21-28-50(29-22-46)65-42-16-14-20-58(62)66-53-37-39-60(5)49(43-53)27-34-54-56-36-35-55(45(4)19-17-18-44(2)3)61(56,6)40-38-57(54)60/h21-33,44-45,53-57H,7-20,34-43H2,1-6H3/t45-,53+,54+,55-,56+,57+,60+,61-/m1/s1. The lowest BCUT2D eigenvalue weighted by Gasteiger charge is -2.58. The molecule has 0 aromatic heterocycles. The van der Waals surface area contributed by atoms with E-state index in [1.807, 2.05) is 60.7 Å². The van der Waals surface area contributed by atoms with E-state index in [2.05, 4.69) is 47.6 Å². The van der Waals surface area contributed by atoms with E-state index in [1.54, 1.807) is 17.7 Å². The molecule has 0 aliphatic heterocycles. The Bertz CT molecular complexity index is 2020. The van der Waals surface area contributed by atoms with Gasteiger partial charge in [-0.05, 0) is 170 Å². The van der Waals surface area contributed by atoms with E-state index in [-0.39, 0.29) is 17.5 Å². The smallest absolute Gasteiger partial charge is 0.343 e. The van der Waals surface area contributed by atoms with Crippen molar-refractivity contribution in [2.45, 2.75) is 189 Å². The number of unbranched alkanes of at least 4 members (excludes halogenated alkanes) is 8. The number of allylic oxidation sites excluding steroid dienone is 1. The zero-order chi connectivity index (χ0) is 47.2. The van der Waals surface area contributed by atoms with Crippen molar-refractivity contribution in [2.24, 2.45) is 46.3 Å². The second-order valence-electron chi connectivity index (χ2n) is 22.2. The Labute approximate surface area is 405 Å². The molecule has 0 spiro atoms. The zero-order valence-corrected chi connectivity index (χ0v) is 42.5. The second kappa shape index (κ2) is 24.5. The molecule has 0 radical (unpaired) electrons. The van der Waals surface area contributed by atoms with Gasteiger partial charge >= 0.3 is 11.9 Å². The first-order valence-electron chi connectivity index (χ1n) is 27.1. The summed E-state index contributed by atoms with van der Waals surface area (Å²) in [6.07, 6.45) is 28.8. The van der Waals surface area contributed by atoms with Gasteiger partial charge in [0.25, 0.3) is 0 Å². The lowest BCUT2D eigenvalue weighted by atomic mass is 9.47. The zero-order valence-electron chi connectivity index (χ0n) is 42.5. The molecule has 8 atom stereocenters. The molecule has 0 unspecified atom stereocenters. The third-order valence-corrected chi connectivity index (χ3v) is 17.2. The molecule has 4 aliphatic rings. The third-order valence-electron chi connectivity index (χ3n) is 17.2. The summed E-state index contributed by atoms with van der Waals surface area (Å²) in [5, 5.41) is 0. The molecule has 6 heteroatoms. The Hall–Kier alpha value is -4.06. The quantitative estimate of drug-likeness (QED) is 0.0365. The van der Waals surface area contributed by atoms with Gasteiger partial charge in [0.05, 0.1) is 18.8 Å². The molecule has 3 aromatic rings. The highest BCUT2D eigenvalue weighted by Crippen LogP contribution is 2.67. The van der Waals surface area contributed by atoms with E-state index in [0.717, 1.165) is 96.7 Å². The maximum atomic E-state index is 13.0. The number of carbonyl (C=O) groups is 2. The predicted molar refractivity (Wildman–Crippen MR) is 274 cm³/mol. The maximum absolute atomic E-state index is 13.0. The number of hydrogen-bond acceptors (Lipinski definition) is 6. The van der Waals surface area contributed by atoms with Crippen LogP contribution in [-0.4, -0.2) is 31.3 Å². The maximum Gasteiger partial charge on any atom is 0.343 e. The minimum Gasteiger partial charge on any atom is -0.494 e. The van der Waals surface area contributed by atoms with Crippen molar-refractivity contribution in [3.63, 3.8) is 0 Å². The fraction of sp³-hybridized carbons (Fsp3) is 0.639. The van der Waals surface area contributed by atoms with Crippen molar-refractivity contribution in [3.8, 4) is 28.4 Å². The summed E-state index contributed by atoms with van der Waals surface area (Å²) in [6, 6.07) is 22.8. The Morgan fingerprint density at radius 2 is 1.25 bits per heavy atom. The van der Waals surface area contributed by atoms with Crippen molar-refractivity contribution in [2.75, 3.05) is 13.2 Å². The number of esters is 2. The van der Waals surface area contributed by atoms with E-state index < -0.39 is 5.97 Å². The van der Waals surface area contributed by atoms with Crippen molar-refractivity contribution < 1.29 is 28.5 Å². The fourth-order valence-corrected chi connectivity index (χ4v) is 13.3. The highest BCUT2D eigenvalue weighted by molar-refractivity contribution is 5.91. The summed E-state index contributed by atoms with van der Waals surface area (Å²) in [7, 11) is 0. The highest BCUT2D eigenvalue weighted by Gasteiger charge is 2.59. The molecular weight excluding hydrogens is 829 g/mol. The first kappa shape index (κ1) is 50.8. The number of benzene rings is 3. The van der Waals surface area contributed by atoms with Crippen molar-refractivity contribution in [3.05, 3.63) is 90.0 Å². The summed E-state index contributed by atoms with van der Waals surface area (Å²) < 4.78 is 23.8. The monoisotopic (exact) mass is 915 g/mol. The average Bonchev–Trinajstić information content (AvgIpc) is 3.69. The van der Waals surface area contributed by atoms with Gasteiger partial charge in [0.15, 0.2) is 0 Å². The molecule has 3 aromatic carbocycles. The lowest BCUT2D eigenvalue weighted by molar-refractivity contribution is -0.151. The van der Waals surface area contributed by atoms with Crippen LogP contribution in [0.4, 0.5) is 0 Å². The van der Waals surface area contributed by atoms with Crippen LogP contribution >= 0.6 is 0 Å². The Morgan fingerprint density at radius 3 is 1.91 bits per heavy atom. The molecule has 0 saturated heterocycles. The van der Waals surface area contributed by atoms with E-state index in [1.165, 1.54) is 96.3 Å². The Morgan fingerprint density at radius 1 is 0.642 bits per heavy atom. The molecule has 4 aliphatic carbocycles. The molecule has 0 bridgehead atoms. The second-order valence-corrected chi connectivity index (χ2v) is 22.2. The summed E-state index contributed by atoms with van der Waals surface area (Å²) >= 11 is 0. The summed E-state index contributed by atoms with van der Waals surface area (Å²) in [5.74, 6) is 6.63. The molecule has 0 amide bonds. The van der Waals surface area contributed by atoms with Crippen LogP contribution in [-0.2, 0) is 9.53 Å². The molecule has 6 nitrogen and oxygen atoms in total. The van der Waals surface area contributed by atoms with Gasteiger partial charge in [-0.1, -0.05) is 142 Å². The van der Waals surface area contributed by atoms with Crippen molar-refractivity contribution in [1.29, 1.82) is 0 Å². The van der Waals surface area contributed by atoms with Gasteiger partial charge in [0.2, 0.25) is 0 Å². The van der Waals surface area contributed by atoms with Crippen LogP contribution in [0.15, 0.2) is 84.4 Å². The molecular formula is C61H86O6. The van der Waals surface area contributed by atoms with Gasteiger partial charge in [0, 0.05) is 12.8 Å². The summed E-state index contributed by atoms with van der Waals surface area (Å²) in [6.45, 7) is 16.1. The van der Waals surface area contributed by atoms with Crippen LogP contribution in [0, 0.1) is 46.3 Å². The third kappa shape index (κ3) is 13.4. The Balaban J connectivity index is 0.770. The minimum atomic E-state index is -0.395. The molecule has 0 N–H and O–H groups in total. The molecule has 0 heterocycles. The predicted octanol–water partition coefficient (Wildman–Crippen LogP) is 16.6. The van der Waals surface area contributed by atoms with Crippen LogP contribution in [0.3, 0.4) is 0 Å². The largest absolute Gasteiger partial charge is 0.494 e. The van der Waals surface area contributed by atoms with E-state index in [9.17, 15) is 9.59 Å². The van der Waals surface area contributed by atoms with Gasteiger partial charge in [-0.2, -0.15) is 0 Å². The number of fused-ring (bicyclic) bond motifs is 5. The SMILES string of the molecule is CCCCCCCCCCOc1ccc(C(=O)Oc2ccc(-c3ccc(OCCCCC(=O)O[C@H]4CC[C@@]5(C)C(=CC[C@H]6[C@@H]7CC[C@H]([C@H](C)CCCC(C)C)[C@@]7(C)CC[C@@H]65)C4)cc3)cc2)cc1. The van der Waals surface area contributed by atoms with Crippen molar-refractivity contribution >= 4 is 11.9 Å². The number of carbonyl (C=O) groups excluding carboxylic acids is 2. The van der Waals surface area contributed by atoms with Crippen LogP contribution < -0.4 is 14.2 Å². The normalized spacial score (nSPS) is 25.9. The van der Waals surface area contributed by atoms with E-state index in [0.29, 0.717) is 36.4 Å². The molecule has 7 rings (SSSR count). The van der Waals surface area contributed by atoms with Crippen LogP contribution in [0.25, 0.3) is 11.1 Å². The first-order valence-corrected chi connectivity index (χ1v) is 27.1. The minimum absolute atomic E-state index is 0.0126. The van der Waals surface area contributed by atoms with Gasteiger partial charge in [-0.25, -0.2) is 4.79 Å². The first-order chi connectivity index (χ1) is 32.5. The molecule has 3 saturated carbocycles. The van der Waals surface area contributed by atoms with Crippen LogP contribution in [0.5, 0.6) is 17.2 Å². The van der Waals surface area contributed by atoms with Crippen LogP contribution in [0.1, 0.15) is 193 Å². The lowest BCUT2D eigenvalue weighted by Crippen LogP contribution is -2.51. The van der Waals surface area contributed by atoms with Crippen LogP contribution in [0.2, 0.25) is 0 Å². The number of ether oxygens (including phenoxy) is 4. The van der Waals surface area contributed by atoms with Gasteiger partial charge in [-0.15, -0.1) is 0 Å². The van der Waals surface area contributed by atoms with Gasteiger partial charge in [0.1, 0.15) is 23.4 Å².